The molecule has 1 heteroatoms. The summed E-state index contributed by atoms with van der Waals surface area (Å²) in [6, 6.07) is 6.84. The molecule has 0 aromatic heterocycles. The van der Waals surface area contributed by atoms with Crippen molar-refractivity contribution >= 4 is 0 Å². The molecule has 1 heterocycles. The van der Waals surface area contributed by atoms with Gasteiger partial charge in [-0.25, -0.2) is 0 Å². The van der Waals surface area contributed by atoms with E-state index in [4.69, 9.17) is 0 Å². The summed E-state index contributed by atoms with van der Waals surface area (Å²) in [4.78, 5) is 0. The molecule has 2 rings (SSSR count). The zero-order valence-electron chi connectivity index (χ0n) is 10.1. The third kappa shape index (κ3) is 2.40. The Morgan fingerprint density at radius 3 is 2.67 bits per heavy atom. The minimum Gasteiger partial charge on any atom is -0.311 e. The molecule has 0 bridgehead atoms. The van der Waals surface area contributed by atoms with E-state index < -0.39 is 0 Å². The van der Waals surface area contributed by atoms with Gasteiger partial charge in [0.15, 0.2) is 0 Å². The Morgan fingerprint density at radius 1 is 1.27 bits per heavy atom. The summed E-state index contributed by atoms with van der Waals surface area (Å²) < 4.78 is 0. The van der Waals surface area contributed by atoms with E-state index in [2.05, 4.69) is 44.3 Å². The minimum absolute atomic E-state index is 0.335. The van der Waals surface area contributed by atoms with E-state index in [-0.39, 0.29) is 0 Å². The molecule has 82 valence electrons. The first kappa shape index (κ1) is 10.7. The van der Waals surface area contributed by atoms with Crippen LogP contribution >= 0.6 is 0 Å². The van der Waals surface area contributed by atoms with Crippen molar-refractivity contribution in [2.24, 2.45) is 0 Å². The van der Waals surface area contributed by atoms with Crippen LogP contribution in [0.4, 0.5) is 0 Å². The van der Waals surface area contributed by atoms with Crippen LogP contribution in [0.5, 0.6) is 0 Å². The van der Waals surface area contributed by atoms with Crippen LogP contribution in [0.15, 0.2) is 18.2 Å². The molecule has 0 radical (unpaired) electrons. The van der Waals surface area contributed by atoms with Crippen molar-refractivity contribution < 1.29 is 0 Å². The molecule has 0 spiro atoms. The van der Waals surface area contributed by atoms with Gasteiger partial charge in [0.05, 0.1) is 0 Å². The van der Waals surface area contributed by atoms with Crippen molar-refractivity contribution in [3.05, 3.63) is 34.9 Å². The highest BCUT2D eigenvalue weighted by Gasteiger charge is 2.27. The Hall–Kier alpha value is -0.820. The number of rotatable bonds is 2. The molecular formula is C14H21N. The minimum atomic E-state index is 0.335. The summed E-state index contributed by atoms with van der Waals surface area (Å²) in [6.07, 6.45) is 3.79. The monoisotopic (exact) mass is 203 g/mol. The molecule has 0 amide bonds. The molecule has 1 aromatic rings. The second-order valence-electron chi connectivity index (χ2n) is 5.19. The molecule has 15 heavy (non-hydrogen) atoms. The first-order valence-corrected chi connectivity index (χ1v) is 5.90. The molecule has 1 atom stereocenters. The Morgan fingerprint density at radius 2 is 2.07 bits per heavy atom. The maximum Gasteiger partial charge on any atom is 0.0194 e. The summed E-state index contributed by atoms with van der Waals surface area (Å²) in [6.45, 7) is 7.90. The van der Waals surface area contributed by atoms with Gasteiger partial charge in [0.1, 0.15) is 0 Å². The van der Waals surface area contributed by atoms with Gasteiger partial charge in [0.2, 0.25) is 0 Å². The number of hydrogen-bond donors (Lipinski definition) is 1. The quantitative estimate of drug-likeness (QED) is 0.779. The predicted molar refractivity (Wildman–Crippen MR) is 65.3 cm³/mol. The lowest BCUT2D eigenvalue weighted by molar-refractivity contribution is 0.412. The van der Waals surface area contributed by atoms with E-state index in [0.29, 0.717) is 5.54 Å². The van der Waals surface area contributed by atoms with Gasteiger partial charge in [-0.05, 0) is 63.3 Å². The van der Waals surface area contributed by atoms with Crippen LogP contribution in [0, 0.1) is 13.8 Å². The fraction of sp³-hybridized carbons (Fsp3) is 0.571. The van der Waals surface area contributed by atoms with Crippen molar-refractivity contribution in [1.29, 1.82) is 0 Å². The van der Waals surface area contributed by atoms with Crippen molar-refractivity contribution in [3.8, 4) is 0 Å². The fourth-order valence-electron chi connectivity index (χ4n) is 2.47. The lowest BCUT2D eigenvalue weighted by Gasteiger charge is -2.24. The van der Waals surface area contributed by atoms with E-state index in [1.807, 2.05) is 0 Å². The molecule has 0 aliphatic carbocycles. The molecule has 1 saturated heterocycles. The van der Waals surface area contributed by atoms with Gasteiger partial charge in [0, 0.05) is 5.54 Å². The average molecular weight is 203 g/mol. The summed E-state index contributed by atoms with van der Waals surface area (Å²) in [5, 5.41) is 3.62. The number of aryl methyl sites for hydroxylation is 2. The SMILES string of the molecule is Cc1ccc(CC2(C)CCCN2)cc1C. The van der Waals surface area contributed by atoms with E-state index in [9.17, 15) is 0 Å². The van der Waals surface area contributed by atoms with E-state index in [0.717, 1.165) is 6.42 Å². The van der Waals surface area contributed by atoms with Gasteiger partial charge >= 0.3 is 0 Å². The maximum atomic E-state index is 3.62. The average Bonchev–Trinajstić information content (AvgIpc) is 2.59. The van der Waals surface area contributed by atoms with Crippen molar-refractivity contribution in [3.63, 3.8) is 0 Å². The van der Waals surface area contributed by atoms with Crippen LogP contribution in [0.3, 0.4) is 0 Å². The summed E-state index contributed by atoms with van der Waals surface area (Å²) in [7, 11) is 0. The van der Waals surface area contributed by atoms with Crippen LogP contribution < -0.4 is 5.32 Å². The van der Waals surface area contributed by atoms with Gasteiger partial charge in [-0.1, -0.05) is 18.2 Å². The number of nitrogens with one attached hydrogen (secondary N) is 1. The summed E-state index contributed by atoms with van der Waals surface area (Å²) in [5.41, 5.74) is 4.61. The zero-order valence-corrected chi connectivity index (χ0v) is 10.1. The van der Waals surface area contributed by atoms with Gasteiger partial charge in [-0.15, -0.1) is 0 Å². The third-order valence-electron chi connectivity index (χ3n) is 3.62. The van der Waals surface area contributed by atoms with Gasteiger partial charge in [-0.2, -0.15) is 0 Å². The molecule has 0 saturated carbocycles. The van der Waals surface area contributed by atoms with Crippen molar-refractivity contribution in [2.45, 2.75) is 45.6 Å². The summed E-state index contributed by atoms with van der Waals surface area (Å²) in [5.74, 6) is 0. The second-order valence-corrected chi connectivity index (χ2v) is 5.19. The maximum absolute atomic E-state index is 3.62. The Bertz CT molecular complexity index is 348. The first-order chi connectivity index (χ1) is 7.09. The standard InChI is InChI=1S/C14H21N/c1-11-5-6-13(9-12(11)2)10-14(3)7-4-8-15-14/h5-6,9,15H,4,7-8,10H2,1-3H3. The lowest BCUT2D eigenvalue weighted by atomic mass is 9.90. The highest BCUT2D eigenvalue weighted by molar-refractivity contribution is 5.31. The lowest BCUT2D eigenvalue weighted by Crippen LogP contribution is -2.38. The molecule has 1 aliphatic heterocycles. The number of hydrogen-bond acceptors (Lipinski definition) is 1. The van der Waals surface area contributed by atoms with Crippen molar-refractivity contribution in [2.75, 3.05) is 6.54 Å². The van der Waals surface area contributed by atoms with Crippen LogP contribution in [0.2, 0.25) is 0 Å². The highest BCUT2D eigenvalue weighted by Crippen LogP contribution is 2.24. The van der Waals surface area contributed by atoms with Gasteiger partial charge < -0.3 is 5.32 Å². The Kier molecular flexibility index (Phi) is 2.83. The first-order valence-electron chi connectivity index (χ1n) is 5.90. The van der Waals surface area contributed by atoms with Crippen molar-refractivity contribution in [1.82, 2.24) is 5.32 Å². The Balaban J connectivity index is 2.13. The van der Waals surface area contributed by atoms with Gasteiger partial charge in [0.25, 0.3) is 0 Å². The normalized spacial score (nSPS) is 25.8. The van der Waals surface area contributed by atoms with E-state index in [1.165, 1.54) is 36.1 Å². The molecule has 1 aromatic carbocycles. The molecule has 1 nitrogen and oxygen atoms in total. The third-order valence-corrected chi connectivity index (χ3v) is 3.62. The fourth-order valence-corrected chi connectivity index (χ4v) is 2.47. The van der Waals surface area contributed by atoms with E-state index >= 15 is 0 Å². The van der Waals surface area contributed by atoms with Crippen LogP contribution in [-0.4, -0.2) is 12.1 Å². The Labute approximate surface area is 92.9 Å². The largest absolute Gasteiger partial charge is 0.311 e. The molecule has 1 unspecified atom stereocenters. The van der Waals surface area contributed by atoms with Gasteiger partial charge in [-0.3, -0.25) is 0 Å². The topological polar surface area (TPSA) is 12.0 Å². The molecule has 1 N–H and O–H groups in total. The second kappa shape index (κ2) is 3.97. The predicted octanol–water partition coefficient (Wildman–Crippen LogP) is 2.99. The summed E-state index contributed by atoms with van der Waals surface area (Å²) >= 11 is 0. The van der Waals surface area contributed by atoms with Crippen LogP contribution in [0.1, 0.15) is 36.5 Å². The molecule has 1 aliphatic rings. The molecular weight excluding hydrogens is 182 g/mol. The highest BCUT2D eigenvalue weighted by atomic mass is 15.0. The molecule has 1 fully saturated rings. The van der Waals surface area contributed by atoms with Crippen LogP contribution in [0.25, 0.3) is 0 Å². The van der Waals surface area contributed by atoms with E-state index in [1.54, 1.807) is 0 Å². The van der Waals surface area contributed by atoms with Crippen LogP contribution in [-0.2, 0) is 6.42 Å². The number of benzene rings is 1. The smallest absolute Gasteiger partial charge is 0.0194 e. The zero-order chi connectivity index (χ0) is 10.9.